The van der Waals surface area contributed by atoms with Crippen LogP contribution < -0.4 is 0 Å². The van der Waals surface area contributed by atoms with Crippen molar-refractivity contribution < 1.29 is 4.79 Å². The monoisotopic (exact) mass is 186 g/mol. The largest absolute Gasteiger partial charge is 0.299 e. The van der Waals surface area contributed by atoms with E-state index in [0.717, 1.165) is 12.8 Å². The average Bonchev–Trinajstić information content (AvgIpc) is 2.60. The van der Waals surface area contributed by atoms with Crippen molar-refractivity contribution in [1.29, 1.82) is 0 Å². The van der Waals surface area contributed by atoms with E-state index in [0.29, 0.717) is 5.78 Å². The minimum Gasteiger partial charge on any atom is -0.299 e. The lowest BCUT2D eigenvalue weighted by molar-refractivity contribution is -0.131. The molecule has 1 nitrogen and oxygen atoms in total. The van der Waals surface area contributed by atoms with Crippen LogP contribution in [-0.4, -0.2) is 11.2 Å². The number of hydrogen-bond acceptors (Lipinski definition) is 1. The van der Waals surface area contributed by atoms with E-state index in [2.05, 4.69) is 6.92 Å². The number of hydrogen-bond donors (Lipinski definition) is 0. The molecule has 3 atom stereocenters. The van der Waals surface area contributed by atoms with E-state index >= 15 is 0 Å². The van der Waals surface area contributed by atoms with Crippen molar-refractivity contribution in [2.24, 2.45) is 16.7 Å². The highest BCUT2D eigenvalue weighted by Crippen LogP contribution is 2.64. The van der Waals surface area contributed by atoms with E-state index in [1.54, 1.807) is 0 Å². The third-order valence-corrected chi connectivity index (χ3v) is 4.32. The fourth-order valence-electron chi connectivity index (χ4n) is 2.37. The van der Waals surface area contributed by atoms with Gasteiger partial charge in [-0.3, -0.25) is 4.79 Å². The summed E-state index contributed by atoms with van der Waals surface area (Å²) in [5, 5.41) is 0.204. The summed E-state index contributed by atoms with van der Waals surface area (Å²) >= 11 is 6.25. The summed E-state index contributed by atoms with van der Waals surface area (Å²) in [6, 6.07) is 0. The molecule has 2 rings (SSSR count). The molecule has 0 aromatic carbocycles. The molecule has 2 fully saturated rings. The first kappa shape index (κ1) is 8.55. The fourth-order valence-corrected chi connectivity index (χ4v) is 3.00. The summed E-state index contributed by atoms with van der Waals surface area (Å²) in [5.41, 5.74) is -0.0265. The second kappa shape index (κ2) is 2.06. The van der Waals surface area contributed by atoms with Gasteiger partial charge in [0.1, 0.15) is 5.78 Å². The molecular formula is C10H15ClO. The quantitative estimate of drug-likeness (QED) is 0.532. The Kier molecular flexibility index (Phi) is 1.47. The molecule has 0 aliphatic heterocycles. The van der Waals surface area contributed by atoms with Gasteiger partial charge in [-0.15, -0.1) is 11.6 Å². The molecule has 0 spiro atoms. The molecule has 0 radical (unpaired) electrons. The molecule has 0 aromatic heterocycles. The summed E-state index contributed by atoms with van der Waals surface area (Å²) in [4.78, 5) is 11.8. The average molecular weight is 187 g/mol. The van der Waals surface area contributed by atoms with Gasteiger partial charge in [-0.2, -0.15) is 0 Å². The van der Waals surface area contributed by atoms with Crippen molar-refractivity contribution in [3.63, 3.8) is 0 Å². The Hall–Kier alpha value is -0.0400. The lowest BCUT2D eigenvalue weighted by Gasteiger charge is -2.34. The minimum atomic E-state index is -0.174. The highest BCUT2D eigenvalue weighted by atomic mass is 35.5. The Labute approximate surface area is 78.5 Å². The van der Waals surface area contributed by atoms with E-state index in [9.17, 15) is 4.79 Å². The molecule has 12 heavy (non-hydrogen) atoms. The maximum absolute atomic E-state index is 11.8. The molecule has 2 aliphatic carbocycles. The first-order valence-corrected chi connectivity index (χ1v) is 5.00. The van der Waals surface area contributed by atoms with Crippen LogP contribution in [0.3, 0.4) is 0 Å². The van der Waals surface area contributed by atoms with Crippen molar-refractivity contribution in [1.82, 2.24) is 0 Å². The Morgan fingerprint density at radius 1 is 1.33 bits per heavy atom. The molecule has 0 bridgehead atoms. The Balaban J connectivity index is 2.28. The normalized spacial score (nSPS) is 50.2. The number of rotatable bonds is 0. The van der Waals surface area contributed by atoms with Gasteiger partial charge in [-0.25, -0.2) is 0 Å². The Morgan fingerprint density at radius 3 is 2.50 bits per heavy atom. The number of carbonyl (C=O) groups is 1. The van der Waals surface area contributed by atoms with Crippen LogP contribution in [0.5, 0.6) is 0 Å². The second-order valence-corrected chi connectivity index (χ2v) is 5.71. The number of Topliss-reactive ketones (excluding diaryl/α,β-unsaturated/α-hetero) is 1. The van der Waals surface area contributed by atoms with E-state index in [-0.39, 0.29) is 22.1 Å². The molecule has 68 valence electrons. The number of carbonyl (C=O) groups excluding carboxylic acids is 1. The zero-order valence-electron chi connectivity index (χ0n) is 7.86. The third-order valence-electron chi connectivity index (χ3n) is 3.67. The number of alkyl halides is 1. The number of fused-ring (bicyclic) bond motifs is 1. The molecule has 2 saturated carbocycles. The van der Waals surface area contributed by atoms with Gasteiger partial charge in [0, 0.05) is 16.7 Å². The lowest BCUT2D eigenvalue weighted by atomic mass is 9.72. The lowest BCUT2D eigenvalue weighted by Crippen LogP contribution is -2.38. The zero-order chi connectivity index (χ0) is 9.15. The summed E-state index contributed by atoms with van der Waals surface area (Å²) in [6.45, 7) is 6.17. The fraction of sp³-hybridized carbons (Fsp3) is 0.900. The zero-order valence-corrected chi connectivity index (χ0v) is 8.61. The van der Waals surface area contributed by atoms with Gasteiger partial charge in [0.15, 0.2) is 0 Å². The first-order valence-electron chi connectivity index (χ1n) is 4.56. The van der Waals surface area contributed by atoms with E-state index < -0.39 is 0 Å². The van der Waals surface area contributed by atoms with Crippen LogP contribution in [0.2, 0.25) is 0 Å². The number of ketones is 1. The summed E-state index contributed by atoms with van der Waals surface area (Å²) in [5.74, 6) is 0.700. The molecule has 0 aromatic rings. The van der Waals surface area contributed by atoms with Crippen molar-refractivity contribution >= 4 is 17.4 Å². The molecule has 0 N–H and O–H groups in total. The van der Waals surface area contributed by atoms with Crippen LogP contribution in [0.4, 0.5) is 0 Å². The SMILES string of the molecule is CC1(C)CC(Cl)C2(C)CC2C1=O. The maximum Gasteiger partial charge on any atom is 0.142 e. The molecule has 0 amide bonds. The van der Waals surface area contributed by atoms with Crippen LogP contribution >= 0.6 is 11.6 Å². The summed E-state index contributed by atoms with van der Waals surface area (Å²) in [7, 11) is 0. The summed E-state index contributed by atoms with van der Waals surface area (Å²) in [6.07, 6.45) is 1.86. The van der Waals surface area contributed by atoms with Gasteiger partial charge in [0.05, 0.1) is 0 Å². The van der Waals surface area contributed by atoms with E-state index in [1.807, 2.05) is 13.8 Å². The van der Waals surface area contributed by atoms with Gasteiger partial charge in [-0.05, 0) is 18.3 Å². The van der Waals surface area contributed by atoms with Gasteiger partial charge < -0.3 is 0 Å². The minimum absolute atomic E-state index is 0.147. The molecule has 3 unspecified atom stereocenters. The maximum atomic E-state index is 11.8. The van der Waals surface area contributed by atoms with Crippen molar-refractivity contribution in [2.45, 2.75) is 39.0 Å². The standard InChI is InChI=1S/C10H15ClO/c1-9(2)5-7(11)10(3)4-6(10)8(9)12/h6-7H,4-5H2,1-3H3. The first-order chi connectivity index (χ1) is 5.38. The molecule has 0 heterocycles. The smallest absolute Gasteiger partial charge is 0.142 e. The molecule has 2 aliphatic rings. The highest BCUT2D eigenvalue weighted by molar-refractivity contribution is 6.22. The second-order valence-electron chi connectivity index (χ2n) is 5.18. The van der Waals surface area contributed by atoms with Gasteiger partial charge >= 0.3 is 0 Å². The molecule has 2 heteroatoms. The van der Waals surface area contributed by atoms with Crippen LogP contribution in [0.25, 0.3) is 0 Å². The third kappa shape index (κ3) is 0.891. The van der Waals surface area contributed by atoms with Crippen molar-refractivity contribution in [3.05, 3.63) is 0 Å². The van der Waals surface area contributed by atoms with Crippen molar-refractivity contribution in [3.8, 4) is 0 Å². The number of halogens is 1. The van der Waals surface area contributed by atoms with Crippen LogP contribution in [0.15, 0.2) is 0 Å². The summed E-state index contributed by atoms with van der Waals surface area (Å²) < 4.78 is 0. The molecule has 0 saturated heterocycles. The van der Waals surface area contributed by atoms with Crippen LogP contribution in [-0.2, 0) is 4.79 Å². The Morgan fingerprint density at radius 2 is 1.92 bits per heavy atom. The van der Waals surface area contributed by atoms with Gasteiger partial charge in [-0.1, -0.05) is 20.8 Å². The predicted octanol–water partition coefficient (Wildman–Crippen LogP) is 2.62. The highest BCUT2D eigenvalue weighted by Gasteiger charge is 2.64. The van der Waals surface area contributed by atoms with E-state index in [4.69, 9.17) is 11.6 Å². The van der Waals surface area contributed by atoms with Crippen molar-refractivity contribution in [2.75, 3.05) is 0 Å². The van der Waals surface area contributed by atoms with E-state index in [1.165, 1.54) is 0 Å². The predicted molar refractivity (Wildman–Crippen MR) is 49.3 cm³/mol. The van der Waals surface area contributed by atoms with Crippen LogP contribution in [0.1, 0.15) is 33.6 Å². The van der Waals surface area contributed by atoms with Crippen LogP contribution in [0, 0.1) is 16.7 Å². The topological polar surface area (TPSA) is 17.1 Å². The molecular weight excluding hydrogens is 172 g/mol. The van der Waals surface area contributed by atoms with Gasteiger partial charge in [0.25, 0.3) is 0 Å². The van der Waals surface area contributed by atoms with Gasteiger partial charge in [0.2, 0.25) is 0 Å². The Bertz CT molecular complexity index is 246.